The second-order valence-corrected chi connectivity index (χ2v) is 6.41. The van der Waals surface area contributed by atoms with Crippen molar-refractivity contribution in [2.24, 2.45) is 11.8 Å². The van der Waals surface area contributed by atoms with Crippen molar-refractivity contribution in [2.45, 2.75) is 33.1 Å². The number of piperidine rings is 1. The first-order chi connectivity index (χ1) is 11.5. The fourth-order valence-electron chi connectivity index (χ4n) is 3.16. The van der Waals surface area contributed by atoms with Crippen molar-refractivity contribution >= 4 is 23.2 Å². The standard InChI is InChI=1S/C18H27N3O3/c1-12(14-6-8-19-9-7-14)10-18(23)21-15-4-5-17(24-3)16(11-15)20-13(2)22/h4-5,11-12,14,19H,6-10H2,1-3H3,(H,20,22)(H,21,23). The Labute approximate surface area is 143 Å². The number of carbonyl (C=O) groups excluding carboxylic acids is 2. The molecular formula is C18H27N3O3. The lowest BCUT2D eigenvalue weighted by Crippen LogP contribution is -2.32. The first kappa shape index (κ1) is 18.3. The Morgan fingerprint density at radius 2 is 2.00 bits per heavy atom. The normalized spacial score (nSPS) is 16.3. The third-order valence-corrected chi connectivity index (χ3v) is 4.49. The summed E-state index contributed by atoms with van der Waals surface area (Å²) < 4.78 is 5.22. The van der Waals surface area contributed by atoms with Crippen LogP contribution in [0, 0.1) is 11.8 Å². The molecule has 6 nitrogen and oxygen atoms in total. The average molecular weight is 333 g/mol. The lowest BCUT2D eigenvalue weighted by Gasteiger charge is -2.27. The van der Waals surface area contributed by atoms with Gasteiger partial charge in [0, 0.05) is 19.0 Å². The van der Waals surface area contributed by atoms with E-state index in [9.17, 15) is 9.59 Å². The Hall–Kier alpha value is -2.08. The number of amides is 2. The fourth-order valence-corrected chi connectivity index (χ4v) is 3.16. The Morgan fingerprint density at radius 3 is 2.62 bits per heavy atom. The minimum Gasteiger partial charge on any atom is -0.495 e. The number of hydrogen-bond donors (Lipinski definition) is 3. The van der Waals surface area contributed by atoms with Gasteiger partial charge >= 0.3 is 0 Å². The molecule has 0 saturated carbocycles. The van der Waals surface area contributed by atoms with Crippen molar-refractivity contribution in [1.29, 1.82) is 0 Å². The summed E-state index contributed by atoms with van der Waals surface area (Å²) >= 11 is 0. The summed E-state index contributed by atoms with van der Waals surface area (Å²) in [6.45, 7) is 5.65. The van der Waals surface area contributed by atoms with Gasteiger partial charge in [-0.1, -0.05) is 6.92 Å². The summed E-state index contributed by atoms with van der Waals surface area (Å²) in [7, 11) is 1.54. The van der Waals surface area contributed by atoms with E-state index < -0.39 is 0 Å². The molecule has 0 radical (unpaired) electrons. The largest absolute Gasteiger partial charge is 0.495 e. The second-order valence-electron chi connectivity index (χ2n) is 6.41. The molecule has 0 aliphatic carbocycles. The fraction of sp³-hybridized carbons (Fsp3) is 0.556. The molecule has 132 valence electrons. The molecule has 1 saturated heterocycles. The number of ether oxygens (including phenoxy) is 1. The first-order valence-corrected chi connectivity index (χ1v) is 8.45. The third kappa shape index (κ3) is 5.23. The van der Waals surface area contributed by atoms with Gasteiger partial charge in [-0.25, -0.2) is 0 Å². The minimum atomic E-state index is -0.184. The highest BCUT2D eigenvalue weighted by Gasteiger charge is 2.22. The number of nitrogens with one attached hydrogen (secondary N) is 3. The van der Waals surface area contributed by atoms with E-state index in [-0.39, 0.29) is 11.8 Å². The van der Waals surface area contributed by atoms with Crippen LogP contribution >= 0.6 is 0 Å². The molecule has 1 aromatic carbocycles. The van der Waals surface area contributed by atoms with E-state index in [2.05, 4.69) is 22.9 Å². The van der Waals surface area contributed by atoms with Gasteiger partial charge in [0.25, 0.3) is 0 Å². The molecule has 3 N–H and O–H groups in total. The summed E-state index contributed by atoms with van der Waals surface area (Å²) in [5, 5.41) is 8.97. The van der Waals surface area contributed by atoms with E-state index in [1.807, 2.05) is 0 Å². The molecule has 2 rings (SSSR count). The topological polar surface area (TPSA) is 79.5 Å². The highest BCUT2D eigenvalue weighted by atomic mass is 16.5. The molecule has 0 bridgehead atoms. The third-order valence-electron chi connectivity index (χ3n) is 4.49. The Balaban J connectivity index is 1.96. The first-order valence-electron chi connectivity index (χ1n) is 8.45. The molecule has 1 heterocycles. The van der Waals surface area contributed by atoms with Crippen molar-refractivity contribution in [2.75, 3.05) is 30.8 Å². The van der Waals surface area contributed by atoms with E-state index in [4.69, 9.17) is 4.74 Å². The van der Waals surface area contributed by atoms with Crippen LogP contribution in [0.3, 0.4) is 0 Å². The monoisotopic (exact) mass is 333 g/mol. The quantitative estimate of drug-likeness (QED) is 0.748. The zero-order valence-corrected chi connectivity index (χ0v) is 14.6. The smallest absolute Gasteiger partial charge is 0.224 e. The Kier molecular flexibility index (Phi) is 6.61. The van der Waals surface area contributed by atoms with Crippen LogP contribution in [0.4, 0.5) is 11.4 Å². The van der Waals surface area contributed by atoms with Crippen molar-refractivity contribution in [3.8, 4) is 5.75 Å². The van der Waals surface area contributed by atoms with Crippen molar-refractivity contribution in [1.82, 2.24) is 5.32 Å². The summed E-state index contributed by atoms with van der Waals surface area (Å²) in [6, 6.07) is 5.22. The van der Waals surface area contributed by atoms with Gasteiger partial charge < -0.3 is 20.7 Å². The van der Waals surface area contributed by atoms with E-state index in [1.54, 1.807) is 25.3 Å². The minimum absolute atomic E-state index is 0.0000236. The highest BCUT2D eigenvalue weighted by Crippen LogP contribution is 2.29. The maximum atomic E-state index is 12.3. The van der Waals surface area contributed by atoms with Gasteiger partial charge in [0.05, 0.1) is 12.8 Å². The van der Waals surface area contributed by atoms with E-state index in [0.717, 1.165) is 25.9 Å². The van der Waals surface area contributed by atoms with Gasteiger partial charge in [-0.2, -0.15) is 0 Å². The zero-order chi connectivity index (χ0) is 17.5. The highest BCUT2D eigenvalue weighted by molar-refractivity contribution is 5.94. The number of carbonyl (C=O) groups is 2. The number of anilines is 2. The number of benzene rings is 1. The van der Waals surface area contributed by atoms with Crippen LogP contribution < -0.4 is 20.7 Å². The van der Waals surface area contributed by atoms with Gasteiger partial charge in [0.2, 0.25) is 11.8 Å². The zero-order valence-electron chi connectivity index (χ0n) is 14.6. The van der Waals surface area contributed by atoms with E-state index in [1.165, 1.54) is 6.92 Å². The number of rotatable bonds is 6. The van der Waals surface area contributed by atoms with Crippen LogP contribution in [0.5, 0.6) is 5.75 Å². The average Bonchev–Trinajstić information content (AvgIpc) is 2.55. The van der Waals surface area contributed by atoms with E-state index in [0.29, 0.717) is 35.4 Å². The molecule has 0 aromatic heterocycles. The van der Waals surface area contributed by atoms with Crippen LogP contribution in [0.1, 0.15) is 33.1 Å². The Morgan fingerprint density at radius 1 is 1.29 bits per heavy atom. The van der Waals surface area contributed by atoms with Crippen LogP contribution in [0.15, 0.2) is 18.2 Å². The van der Waals surface area contributed by atoms with E-state index >= 15 is 0 Å². The van der Waals surface area contributed by atoms with Crippen molar-refractivity contribution < 1.29 is 14.3 Å². The predicted molar refractivity (Wildman–Crippen MR) is 95.3 cm³/mol. The molecule has 1 aliphatic heterocycles. The van der Waals surface area contributed by atoms with Gasteiger partial charge in [-0.15, -0.1) is 0 Å². The van der Waals surface area contributed by atoms with Gasteiger partial charge in [0.15, 0.2) is 0 Å². The molecule has 1 atom stereocenters. The number of methoxy groups -OCH3 is 1. The van der Waals surface area contributed by atoms with Crippen LogP contribution in [0.25, 0.3) is 0 Å². The van der Waals surface area contributed by atoms with Gasteiger partial charge in [0.1, 0.15) is 5.75 Å². The maximum absolute atomic E-state index is 12.3. The molecule has 24 heavy (non-hydrogen) atoms. The lowest BCUT2D eigenvalue weighted by molar-refractivity contribution is -0.117. The van der Waals surface area contributed by atoms with Crippen LogP contribution in [-0.4, -0.2) is 32.0 Å². The molecule has 2 amide bonds. The van der Waals surface area contributed by atoms with Crippen LogP contribution in [0.2, 0.25) is 0 Å². The van der Waals surface area contributed by atoms with Gasteiger partial charge in [-0.3, -0.25) is 9.59 Å². The van der Waals surface area contributed by atoms with Gasteiger partial charge in [-0.05, 0) is 56.0 Å². The SMILES string of the molecule is COc1ccc(NC(=O)CC(C)C2CCNCC2)cc1NC(C)=O. The maximum Gasteiger partial charge on any atom is 0.224 e. The molecular weight excluding hydrogens is 306 g/mol. The molecule has 1 aromatic rings. The molecule has 1 fully saturated rings. The van der Waals surface area contributed by atoms with Crippen molar-refractivity contribution in [3.05, 3.63) is 18.2 Å². The molecule has 1 aliphatic rings. The summed E-state index contributed by atoms with van der Waals surface area (Å²) in [5.41, 5.74) is 1.20. The molecule has 0 spiro atoms. The molecule has 1 unspecified atom stereocenters. The Bertz CT molecular complexity index is 583. The predicted octanol–water partition coefficient (Wildman–Crippen LogP) is 2.62. The molecule has 6 heteroatoms. The lowest BCUT2D eigenvalue weighted by atomic mass is 9.84. The summed E-state index contributed by atoms with van der Waals surface area (Å²) in [5.74, 6) is 1.34. The number of hydrogen-bond acceptors (Lipinski definition) is 4. The second kappa shape index (κ2) is 8.68. The van der Waals surface area contributed by atoms with Crippen LogP contribution in [-0.2, 0) is 9.59 Å². The summed E-state index contributed by atoms with van der Waals surface area (Å²) in [4.78, 5) is 23.6. The van der Waals surface area contributed by atoms with Crippen molar-refractivity contribution in [3.63, 3.8) is 0 Å². The summed E-state index contributed by atoms with van der Waals surface area (Å²) in [6.07, 6.45) is 2.76.